The summed E-state index contributed by atoms with van der Waals surface area (Å²) in [6, 6.07) is 6.93. The number of carbonyl (C=O) groups excluding carboxylic acids is 1. The lowest BCUT2D eigenvalue weighted by Gasteiger charge is -2.21. The van der Waals surface area contributed by atoms with Gasteiger partial charge in [-0.15, -0.1) is 5.10 Å². The molecule has 23 heavy (non-hydrogen) atoms. The van der Waals surface area contributed by atoms with Gasteiger partial charge in [-0.3, -0.25) is 4.79 Å². The van der Waals surface area contributed by atoms with E-state index < -0.39 is 12.1 Å². The van der Waals surface area contributed by atoms with Crippen molar-refractivity contribution in [3.63, 3.8) is 0 Å². The minimum absolute atomic E-state index is 0.143. The minimum Gasteiger partial charge on any atom is -0.476 e. The molecule has 1 aliphatic heterocycles. The topological polar surface area (TPSA) is 106 Å². The maximum absolute atomic E-state index is 12.2. The van der Waals surface area contributed by atoms with Crippen molar-refractivity contribution < 1.29 is 19.4 Å². The van der Waals surface area contributed by atoms with Crippen LogP contribution in [-0.4, -0.2) is 44.7 Å². The number of rotatable bonds is 4. The van der Waals surface area contributed by atoms with E-state index in [0.717, 1.165) is 19.3 Å². The van der Waals surface area contributed by atoms with Gasteiger partial charge < -0.3 is 15.2 Å². The van der Waals surface area contributed by atoms with Crippen LogP contribution in [0.3, 0.4) is 0 Å². The number of nitrogens with one attached hydrogen (secondary N) is 1. The fourth-order valence-corrected chi connectivity index (χ4v) is 2.38. The number of anilines is 1. The van der Waals surface area contributed by atoms with E-state index in [2.05, 4.69) is 15.6 Å². The first-order valence-corrected chi connectivity index (χ1v) is 7.32. The summed E-state index contributed by atoms with van der Waals surface area (Å²) in [6.45, 7) is 0.606. The van der Waals surface area contributed by atoms with Crippen LogP contribution in [0.2, 0.25) is 0 Å². The summed E-state index contributed by atoms with van der Waals surface area (Å²) < 4.78 is 6.80. The first-order valence-electron chi connectivity index (χ1n) is 7.32. The predicted molar refractivity (Wildman–Crippen MR) is 80.5 cm³/mol. The fourth-order valence-electron chi connectivity index (χ4n) is 2.38. The molecule has 1 aromatic carbocycles. The van der Waals surface area contributed by atoms with E-state index in [9.17, 15) is 9.59 Å². The molecule has 1 amide bonds. The molecule has 1 unspecified atom stereocenters. The molecule has 8 heteroatoms. The number of hydrogen-bond donors (Lipinski definition) is 2. The number of carboxylic acid groups (broad SMARTS) is 1. The molecule has 1 aliphatic rings. The number of aromatic carboxylic acids is 1. The van der Waals surface area contributed by atoms with Crippen molar-refractivity contribution in [3.8, 4) is 5.69 Å². The molecule has 0 bridgehead atoms. The van der Waals surface area contributed by atoms with E-state index in [1.54, 1.807) is 24.3 Å². The molecule has 1 aromatic heterocycles. The second-order valence-electron chi connectivity index (χ2n) is 5.25. The Hall–Kier alpha value is -2.74. The monoisotopic (exact) mass is 316 g/mol. The molecule has 120 valence electrons. The smallest absolute Gasteiger partial charge is 0.358 e. The third-order valence-electron chi connectivity index (χ3n) is 3.56. The van der Waals surface area contributed by atoms with E-state index >= 15 is 0 Å². The molecule has 0 radical (unpaired) electrons. The Morgan fingerprint density at radius 1 is 1.35 bits per heavy atom. The molecule has 0 spiro atoms. The highest BCUT2D eigenvalue weighted by molar-refractivity contribution is 5.94. The van der Waals surface area contributed by atoms with Gasteiger partial charge in [-0.25, -0.2) is 9.48 Å². The second-order valence-corrected chi connectivity index (χ2v) is 5.25. The van der Waals surface area contributed by atoms with E-state index in [1.807, 2.05) is 0 Å². The largest absolute Gasteiger partial charge is 0.476 e. The molecule has 2 N–H and O–H groups in total. The lowest BCUT2D eigenvalue weighted by Crippen LogP contribution is -2.33. The summed E-state index contributed by atoms with van der Waals surface area (Å²) in [4.78, 5) is 23.0. The number of amides is 1. The van der Waals surface area contributed by atoms with Gasteiger partial charge in [0.05, 0.1) is 11.9 Å². The van der Waals surface area contributed by atoms with Crippen molar-refractivity contribution in [1.29, 1.82) is 0 Å². The maximum Gasteiger partial charge on any atom is 0.358 e. The molecule has 2 aromatic rings. The summed E-state index contributed by atoms with van der Waals surface area (Å²) in [5.74, 6) is -1.32. The standard InChI is InChI=1S/C15H16N4O4/c20-14(13-6-1-2-7-23-13)16-10-4-3-5-11(8-10)19-9-12(15(21)22)17-18-19/h3-5,8-9,13H,1-2,6-7H2,(H,16,20)(H,21,22). The summed E-state index contributed by atoms with van der Waals surface area (Å²) >= 11 is 0. The molecular weight excluding hydrogens is 300 g/mol. The summed E-state index contributed by atoms with van der Waals surface area (Å²) in [5, 5.41) is 19.0. The van der Waals surface area contributed by atoms with Crippen LogP contribution in [0.4, 0.5) is 5.69 Å². The van der Waals surface area contributed by atoms with Crippen LogP contribution in [0.15, 0.2) is 30.5 Å². The quantitative estimate of drug-likeness (QED) is 0.884. The van der Waals surface area contributed by atoms with Gasteiger partial charge in [-0.05, 0) is 37.5 Å². The first-order chi connectivity index (χ1) is 11.1. The van der Waals surface area contributed by atoms with Gasteiger partial charge in [-0.1, -0.05) is 11.3 Å². The van der Waals surface area contributed by atoms with Crippen LogP contribution in [0.25, 0.3) is 5.69 Å². The van der Waals surface area contributed by atoms with E-state index in [1.165, 1.54) is 10.9 Å². The van der Waals surface area contributed by atoms with Crippen LogP contribution < -0.4 is 5.32 Å². The van der Waals surface area contributed by atoms with Gasteiger partial charge >= 0.3 is 5.97 Å². The summed E-state index contributed by atoms with van der Waals surface area (Å²) in [6.07, 6.45) is 3.58. The van der Waals surface area contributed by atoms with Crippen molar-refractivity contribution in [2.24, 2.45) is 0 Å². The third kappa shape index (κ3) is 3.54. The predicted octanol–water partition coefficient (Wildman–Crippen LogP) is 1.47. The van der Waals surface area contributed by atoms with Gasteiger partial charge in [-0.2, -0.15) is 0 Å². The van der Waals surface area contributed by atoms with Crippen molar-refractivity contribution in [1.82, 2.24) is 15.0 Å². The summed E-state index contributed by atoms with van der Waals surface area (Å²) in [7, 11) is 0. The van der Waals surface area contributed by atoms with Crippen LogP contribution in [0, 0.1) is 0 Å². The zero-order valence-corrected chi connectivity index (χ0v) is 12.3. The summed E-state index contributed by atoms with van der Waals surface area (Å²) in [5.41, 5.74) is 1.05. The number of aromatic nitrogens is 3. The first kappa shape index (κ1) is 15.2. The highest BCUT2D eigenvalue weighted by Gasteiger charge is 2.22. The van der Waals surface area contributed by atoms with Crippen LogP contribution in [-0.2, 0) is 9.53 Å². The molecule has 0 aliphatic carbocycles. The van der Waals surface area contributed by atoms with Gasteiger partial charge in [0.1, 0.15) is 6.10 Å². The third-order valence-corrected chi connectivity index (χ3v) is 3.56. The number of carbonyl (C=O) groups is 2. The van der Waals surface area contributed by atoms with Gasteiger partial charge in [0, 0.05) is 12.3 Å². The lowest BCUT2D eigenvalue weighted by atomic mass is 10.1. The molecule has 8 nitrogen and oxygen atoms in total. The maximum atomic E-state index is 12.2. The van der Waals surface area contributed by atoms with Crippen molar-refractivity contribution >= 4 is 17.6 Å². The van der Waals surface area contributed by atoms with E-state index in [-0.39, 0.29) is 11.6 Å². The Kier molecular flexibility index (Phi) is 4.33. The molecule has 0 saturated carbocycles. The zero-order valence-electron chi connectivity index (χ0n) is 12.3. The van der Waals surface area contributed by atoms with Gasteiger partial charge in [0.25, 0.3) is 5.91 Å². The number of carboxylic acids is 1. The lowest BCUT2D eigenvalue weighted by molar-refractivity contribution is -0.129. The average Bonchev–Trinajstić information content (AvgIpc) is 3.06. The molecule has 1 fully saturated rings. The van der Waals surface area contributed by atoms with Crippen LogP contribution in [0.1, 0.15) is 29.8 Å². The Labute approximate surface area is 132 Å². The SMILES string of the molecule is O=C(O)c1cn(-c2cccc(NC(=O)C3CCCCO3)c2)nn1. The molecular formula is C15H16N4O4. The Bertz CT molecular complexity index is 722. The van der Waals surface area contributed by atoms with Crippen molar-refractivity contribution in [3.05, 3.63) is 36.2 Å². The number of benzene rings is 1. The van der Waals surface area contributed by atoms with Crippen LogP contribution in [0.5, 0.6) is 0 Å². The van der Waals surface area contributed by atoms with Gasteiger partial charge in [0.2, 0.25) is 0 Å². The Morgan fingerprint density at radius 2 is 2.22 bits per heavy atom. The number of hydrogen-bond acceptors (Lipinski definition) is 5. The second kappa shape index (κ2) is 6.57. The molecule has 2 heterocycles. The number of nitrogens with zero attached hydrogens (tertiary/aromatic N) is 3. The molecule has 1 saturated heterocycles. The van der Waals surface area contributed by atoms with Crippen LogP contribution >= 0.6 is 0 Å². The Morgan fingerprint density at radius 3 is 2.91 bits per heavy atom. The van der Waals surface area contributed by atoms with E-state index in [4.69, 9.17) is 9.84 Å². The minimum atomic E-state index is -1.14. The highest BCUT2D eigenvalue weighted by Crippen LogP contribution is 2.18. The Balaban J connectivity index is 1.73. The van der Waals surface area contributed by atoms with Crippen molar-refractivity contribution in [2.45, 2.75) is 25.4 Å². The highest BCUT2D eigenvalue weighted by atomic mass is 16.5. The van der Waals surface area contributed by atoms with E-state index in [0.29, 0.717) is 18.0 Å². The zero-order chi connectivity index (χ0) is 16.2. The molecule has 3 rings (SSSR count). The fraction of sp³-hybridized carbons (Fsp3) is 0.333. The normalized spacial score (nSPS) is 17.7. The van der Waals surface area contributed by atoms with Gasteiger partial charge in [0.15, 0.2) is 5.69 Å². The molecule has 1 atom stereocenters. The van der Waals surface area contributed by atoms with Crippen molar-refractivity contribution in [2.75, 3.05) is 11.9 Å². The average molecular weight is 316 g/mol. The number of ether oxygens (including phenoxy) is 1.